The molecule has 0 bridgehead atoms. The van der Waals surface area contributed by atoms with E-state index in [2.05, 4.69) is 16.3 Å². The van der Waals surface area contributed by atoms with Gasteiger partial charge < -0.3 is 0 Å². The molecule has 0 amide bonds. The lowest BCUT2D eigenvalue weighted by Crippen LogP contribution is -2.65. The second-order valence-corrected chi connectivity index (χ2v) is 3.91. The molecule has 1 heterocycles. The summed E-state index contributed by atoms with van der Waals surface area (Å²) in [6, 6.07) is 0. The Kier molecular flexibility index (Phi) is 3.10. The van der Waals surface area contributed by atoms with E-state index in [1.54, 1.807) is 0 Å². The number of ether oxygens (including phenoxy) is 1. The van der Waals surface area contributed by atoms with E-state index in [-0.39, 0.29) is 0 Å². The van der Waals surface area contributed by atoms with Crippen molar-refractivity contribution in [2.45, 2.75) is 35.1 Å². The lowest BCUT2D eigenvalue weighted by Gasteiger charge is -2.34. The Morgan fingerprint density at radius 1 is 0.737 bits per heavy atom. The third-order valence-electron chi connectivity index (χ3n) is 2.15. The molecule has 1 saturated heterocycles. The van der Waals surface area contributed by atoms with Crippen molar-refractivity contribution in [3.05, 3.63) is 0 Å². The third-order valence-corrected chi connectivity index (χ3v) is 2.39. The zero-order valence-corrected chi connectivity index (χ0v) is 8.70. The smallest absolute Gasteiger partial charge is 0.265 e. The van der Waals surface area contributed by atoms with E-state index in [1.165, 1.54) is 0 Å². The first-order chi connectivity index (χ1) is 7.96. The summed E-state index contributed by atoms with van der Waals surface area (Å²) >= 11 is 3.51. The van der Waals surface area contributed by atoms with E-state index in [4.69, 9.17) is 0 Å². The van der Waals surface area contributed by atoms with Gasteiger partial charge in [0.25, 0.3) is 0 Å². The van der Waals surface area contributed by atoms with Gasteiger partial charge in [0.2, 0.25) is 0 Å². The minimum atomic E-state index is -7.25. The van der Waals surface area contributed by atoms with E-state index in [1.807, 2.05) is 0 Å². The van der Waals surface area contributed by atoms with E-state index < -0.39 is 35.1 Å². The van der Waals surface area contributed by atoms with Crippen LogP contribution in [0.1, 0.15) is 0 Å². The highest BCUT2D eigenvalue weighted by Gasteiger charge is 2.98. The molecule has 0 aromatic rings. The highest BCUT2D eigenvalue weighted by atomic mass is 35.5. The second-order valence-electron chi connectivity index (χ2n) is 3.44. The maximum absolute atomic E-state index is 12.7. The van der Waals surface area contributed by atoms with E-state index in [9.17, 15) is 48.3 Å². The summed E-state index contributed by atoms with van der Waals surface area (Å²) in [7, 11) is 0. The minimum absolute atomic E-state index is 2.30. The number of alkyl halides is 12. The molecule has 0 saturated carbocycles. The Morgan fingerprint density at radius 3 is 1.26 bits per heavy atom. The molecular weight excluding hydrogens is 332 g/mol. The van der Waals surface area contributed by atoms with E-state index in [0.29, 0.717) is 0 Å². The fourth-order valence-corrected chi connectivity index (χ4v) is 1.09. The van der Waals surface area contributed by atoms with Crippen molar-refractivity contribution in [2.75, 3.05) is 0 Å². The monoisotopic (exact) mass is 332 g/mol. The number of epoxide rings is 1. The molecule has 1 rings (SSSR count). The number of hydrogen-bond donors (Lipinski definition) is 0. The summed E-state index contributed by atoms with van der Waals surface area (Å²) < 4.78 is 138. The first-order valence-corrected chi connectivity index (χ1v) is 4.30. The summed E-state index contributed by atoms with van der Waals surface area (Å²) in [6.07, 6.45) is -5.53. The van der Waals surface area contributed by atoms with E-state index >= 15 is 0 Å². The summed E-state index contributed by atoms with van der Waals surface area (Å²) in [6.45, 7) is 0. The van der Waals surface area contributed by atoms with Crippen LogP contribution in [0.4, 0.5) is 48.3 Å². The SMILES string of the molecule is FC(F)(Cl)C(F)(F)C(F)(F)C(F)(F)C1(F)OC1(F)F. The van der Waals surface area contributed by atoms with Gasteiger partial charge in [-0.25, -0.2) is 0 Å². The van der Waals surface area contributed by atoms with Gasteiger partial charge in [-0.15, -0.1) is 0 Å². The van der Waals surface area contributed by atoms with Gasteiger partial charge >= 0.3 is 35.1 Å². The zero-order chi connectivity index (χ0) is 15.7. The van der Waals surface area contributed by atoms with Crippen LogP contribution in [0.2, 0.25) is 0 Å². The molecule has 114 valence electrons. The predicted molar refractivity (Wildman–Crippen MR) is 35.5 cm³/mol. The van der Waals surface area contributed by atoms with Crippen molar-refractivity contribution in [1.82, 2.24) is 0 Å². The molecule has 19 heavy (non-hydrogen) atoms. The molecule has 0 radical (unpaired) electrons. The van der Waals surface area contributed by atoms with Crippen LogP contribution in [0.15, 0.2) is 0 Å². The summed E-state index contributed by atoms with van der Waals surface area (Å²) in [5.41, 5.74) is 0. The maximum atomic E-state index is 12.7. The molecule has 0 aliphatic carbocycles. The van der Waals surface area contributed by atoms with Crippen molar-refractivity contribution in [2.24, 2.45) is 0 Å². The normalized spacial score (nSPS) is 28.4. The first-order valence-electron chi connectivity index (χ1n) is 3.93. The standard InChI is InChI=1S/C6ClF11O/c7-5(15,16)3(12,13)1(8,9)2(10,11)4(14)6(17,18)19-4. The van der Waals surface area contributed by atoms with Gasteiger partial charge in [-0.2, -0.15) is 48.3 Å². The average molecular weight is 332 g/mol. The van der Waals surface area contributed by atoms with Gasteiger partial charge in [0.05, 0.1) is 0 Å². The third kappa shape index (κ3) is 1.78. The van der Waals surface area contributed by atoms with Gasteiger partial charge in [-0.3, -0.25) is 4.74 Å². The molecule has 1 unspecified atom stereocenters. The number of rotatable bonds is 4. The Bertz CT molecular complexity index is 387. The van der Waals surface area contributed by atoms with Crippen LogP contribution in [-0.2, 0) is 4.74 Å². The topological polar surface area (TPSA) is 12.5 Å². The lowest BCUT2D eigenvalue weighted by atomic mass is 10.00. The van der Waals surface area contributed by atoms with Crippen LogP contribution in [-0.4, -0.2) is 35.1 Å². The van der Waals surface area contributed by atoms with Crippen LogP contribution >= 0.6 is 11.6 Å². The van der Waals surface area contributed by atoms with Crippen LogP contribution in [0, 0.1) is 0 Å². The first kappa shape index (κ1) is 16.5. The Morgan fingerprint density at radius 2 is 1.05 bits per heavy atom. The van der Waals surface area contributed by atoms with Crippen LogP contribution in [0.3, 0.4) is 0 Å². The predicted octanol–water partition coefficient (Wildman–Crippen LogP) is 4.01. The fourth-order valence-electron chi connectivity index (χ4n) is 0.975. The van der Waals surface area contributed by atoms with Gasteiger partial charge in [0.1, 0.15) is 0 Å². The van der Waals surface area contributed by atoms with Crippen LogP contribution < -0.4 is 0 Å². The van der Waals surface area contributed by atoms with Gasteiger partial charge in [-0.05, 0) is 11.6 Å². The molecule has 1 fully saturated rings. The molecule has 0 aromatic heterocycles. The van der Waals surface area contributed by atoms with E-state index in [0.717, 1.165) is 0 Å². The van der Waals surface area contributed by atoms with Crippen LogP contribution in [0.5, 0.6) is 0 Å². The Labute approximate surface area is 101 Å². The molecule has 13 heteroatoms. The minimum Gasteiger partial charge on any atom is -0.265 e. The fraction of sp³-hybridized carbons (Fsp3) is 1.00. The van der Waals surface area contributed by atoms with Gasteiger partial charge in [0.15, 0.2) is 0 Å². The van der Waals surface area contributed by atoms with Crippen molar-refractivity contribution in [3.8, 4) is 0 Å². The summed E-state index contributed by atoms with van der Waals surface area (Å²) in [5.74, 6) is -27.1. The van der Waals surface area contributed by atoms with Crippen molar-refractivity contribution < 1.29 is 53.0 Å². The Hall–Kier alpha value is -0.520. The largest absolute Gasteiger partial charge is 0.424 e. The molecule has 1 nitrogen and oxygen atoms in total. The quantitative estimate of drug-likeness (QED) is 0.430. The van der Waals surface area contributed by atoms with Crippen molar-refractivity contribution in [3.63, 3.8) is 0 Å². The Balaban J connectivity index is 3.28. The molecule has 1 atom stereocenters. The molecule has 0 spiro atoms. The lowest BCUT2D eigenvalue weighted by molar-refractivity contribution is -0.373. The van der Waals surface area contributed by atoms with Gasteiger partial charge in [0, 0.05) is 0 Å². The maximum Gasteiger partial charge on any atom is 0.424 e. The zero-order valence-electron chi connectivity index (χ0n) is 7.94. The second kappa shape index (κ2) is 3.57. The highest BCUT2D eigenvalue weighted by Crippen LogP contribution is 2.67. The number of halogens is 12. The molecule has 0 N–H and O–H groups in total. The molecule has 1 aliphatic rings. The van der Waals surface area contributed by atoms with Gasteiger partial charge in [-0.1, -0.05) is 0 Å². The average Bonchev–Trinajstić information content (AvgIpc) is 2.65. The highest BCUT2D eigenvalue weighted by molar-refractivity contribution is 6.22. The summed E-state index contributed by atoms with van der Waals surface area (Å²) in [5, 5.41) is -6.25. The molecule has 1 aliphatic heterocycles. The molecule has 0 aromatic carbocycles. The van der Waals surface area contributed by atoms with Crippen molar-refractivity contribution >= 4 is 11.6 Å². The molecular formula is C6ClF11O. The summed E-state index contributed by atoms with van der Waals surface area (Å²) in [4.78, 5) is 0. The van der Waals surface area contributed by atoms with Crippen molar-refractivity contribution in [1.29, 1.82) is 0 Å². The number of hydrogen-bond acceptors (Lipinski definition) is 1. The van der Waals surface area contributed by atoms with Crippen LogP contribution in [0.25, 0.3) is 0 Å².